The summed E-state index contributed by atoms with van der Waals surface area (Å²) < 4.78 is 12.7. The minimum atomic E-state index is -0.853. The van der Waals surface area contributed by atoms with Gasteiger partial charge in [-0.1, -0.05) is 26.3 Å². The second kappa shape index (κ2) is 19.9. The lowest BCUT2D eigenvalue weighted by Gasteiger charge is -2.40. The molecule has 0 saturated carbocycles. The van der Waals surface area contributed by atoms with Gasteiger partial charge in [0.25, 0.3) is 0 Å². The highest BCUT2D eigenvalue weighted by Gasteiger charge is 2.41. The molecule has 0 aliphatic rings. The van der Waals surface area contributed by atoms with Gasteiger partial charge in [0.1, 0.15) is 11.9 Å². The van der Waals surface area contributed by atoms with Crippen molar-refractivity contribution in [3.63, 3.8) is 0 Å². The maximum Gasteiger partial charge on any atom is 0.140 e. The van der Waals surface area contributed by atoms with E-state index in [9.17, 15) is 4.39 Å². The predicted molar refractivity (Wildman–Crippen MR) is 166 cm³/mol. The Labute approximate surface area is 223 Å². The Hall–Kier alpha value is -0.231. The van der Waals surface area contributed by atoms with Crippen molar-refractivity contribution in [3.05, 3.63) is 35.1 Å². The number of nitrogens with zero attached hydrogens (tertiary/aromatic N) is 1. The van der Waals surface area contributed by atoms with Gasteiger partial charge in [-0.3, -0.25) is 0 Å². The van der Waals surface area contributed by atoms with Crippen LogP contribution in [0, 0.1) is 17.1 Å². The molecule has 0 aliphatic carbocycles. The van der Waals surface area contributed by atoms with Crippen LogP contribution in [0.2, 0.25) is 0 Å². The fourth-order valence-corrected chi connectivity index (χ4v) is 3.35. The van der Waals surface area contributed by atoms with Crippen LogP contribution in [0.3, 0.4) is 0 Å². The molecule has 0 aliphatic heterocycles. The van der Waals surface area contributed by atoms with E-state index in [1.807, 2.05) is 6.92 Å². The molecule has 142 valence electrons. The number of benzene rings is 1. The molecular formula is C13H18B18FNO. The Morgan fingerprint density at radius 3 is 1.44 bits per heavy atom. The van der Waals surface area contributed by atoms with Crippen molar-refractivity contribution in [2.24, 2.45) is 0 Å². The summed E-state index contributed by atoms with van der Waals surface area (Å²) in [5.41, 5.74) is 1.12. The molecule has 0 unspecified atom stereocenters. The quantitative estimate of drug-likeness (QED) is 0.397. The number of hydrogen-bond acceptors (Lipinski definition) is 2. The molecular weight excluding hydrogens is 400 g/mol. The van der Waals surface area contributed by atoms with Crippen LogP contribution < -0.4 is 0 Å². The third-order valence-electron chi connectivity index (χ3n) is 5.18. The smallest absolute Gasteiger partial charge is 0.140 e. The Bertz CT molecular complexity index is 665. The summed E-state index contributed by atoms with van der Waals surface area (Å²) in [6.45, 7) is 4.36. The van der Waals surface area contributed by atoms with Crippen LogP contribution in [0.5, 0.6) is 0 Å². The standard InChI is InChI=1S/C9H8FN.C4H10O.B18/c1-2-7-3-4-9(10)8(5-7)6-11;1-2-3-4-5;1-11(2)16(12(3)4)18(15(9)10)17(13(5)6)14(7)8/h3-5H,2H2,1H3;5H,2-4H2,1H3;. The Morgan fingerprint density at radius 2 is 1.21 bits per heavy atom. The molecule has 1 N–H and O–H groups in total. The first-order chi connectivity index (χ1) is 15.8. The average molecular weight is 418 g/mol. The fourth-order valence-electron chi connectivity index (χ4n) is 3.35. The lowest BCUT2D eigenvalue weighted by atomic mass is 8.41. The molecule has 0 aromatic heterocycles. The molecule has 1 aromatic rings. The second-order valence-electron chi connectivity index (χ2n) is 7.98. The van der Waals surface area contributed by atoms with E-state index < -0.39 is 56.9 Å². The van der Waals surface area contributed by atoms with Crippen molar-refractivity contribution < 1.29 is 9.50 Å². The van der Waals surface area contributed by atoms with Crippen LogP contribution in [0.1, 0.15) is 37.8 Å². The van der Waals surface area contributed by atoms with Crippen LogP contribution in [0.4, 0.5) is 4.39 Å². The van der Waals surface area contributed by atoms with Gasteiger partial charge in [-0.05, 0) is 30.5 Å². The first-order valence-electron chi connectivity index (χ1n) is 11.2. The Morgan fingerprint density at radius 1 is 0.794 bits per heavy atom. The molecule has 0 saturated heterocycles. The van der Waals surface area contributed by atoms with Gasteiger partial charge in [-0.15, -0.1) is 0 Å². The highest BCUT2D eigenvalue weighted by molar-refractivity contribution is 8.17. The van der Waals surface area contributed by atoms with Crippen LogP contribution in [-0.4, -0.2) is 140 Å². The minimum absolute atomic E-state index is 0.129. The summed E-state index contributed by atoms with van der Waals surface area (Å²) in [7, 11) is 56.7. The first kappa shape index (κ1) is 35.9. The molecule has 0 bridgehead atoms. The topological polar surface area (TPSA) is 44.0 Å². The van der Waals surface area contributed by atoms with Gasteiger partial charge in [0.15, 0.2) is 0 Å². The Kier molecular flexibility index (Phi) is 21.0. The number of unbranched alkanes of at least 4 members (excludes halogenated alkanes) is 1. The third-order valence-corrected chi connectivity index (χ3v) is 5.18. The SMILES string of the molecule is CCCCO.CCc1ccc(F)c(C#N)c1.[B]B([B])B(B([B])[B])B(B([B])[B])B(B([B])[B])B([B])[B]. The summed E-state index contributed by atoms with van der Waals surface area (Å²) in [4.78, 5) is 0. The number of halogens is 1. The van der Waals surface area contributed by atoms with E-state index in [2.05, 4.69) is 6.92 Å². The molecule has 1 rings (SSSR count). The highest BCUT2D eigenvalue weighted by atomic mass is 19.1. The fraction of sp³-hybridized carbons (Fsp3) is 0.462. The van der Waals surface area contributed by atoms with Crippen molar-refractivity contribution in [3.8, 4) is 6.07 Å². The monoisotopic (exact) mass is 421 g/mol. The van der Waals surface area contributed by atoms with Gasteiger partial charge in [0.2, 0.25) is 0 Å². The zero-order valence-corrected chi connectivity index (χ0v) is 20.2. The van der Waals surface area contributed by atoms with E-state index in [0.29, 0.717) is 6.61 Å². The lowest BCUT2D eigenvalue weighted by Crippen LogP contribution is -2.78. The van der Waals surface area contributed by atoms with Gasteiger partial charge >= 0.3 is 0 Å². The Balaban J connectivity index is 0. The van der Waals surface area contributed by atoms with E-state index in [4.69, 9.17) is 87.7 Å². The number of aliphatic hydroxyl groups is 1. The van der Waals surface area contributed by atoms with Gasteiger partial charge in [0.05, 0.1) is 5.56 Å². The lowest BCUT2D eigenvalue weighted by molar-refractivity contribution is 0.287. The summed E-state index contributed by atoms with van der Waals surface area (Å²) in [5.74, 6) is -0.440. The normalized spacial score (nSPS) is 9.03. The van der Waals surface area contributed by atoms with E-state index in [1.54, 1.807) is 18.2 Å². The maximum atomic E-state index is 12.7. The number of nitriles is 1. The number of hydrogen-bond donors (Lipinski definition) is 1. The minimum Gasteiger partial charge on any atom is -0.396 e. The molecule has 0 spiro atoms. The maximum absolute atomic E-state index is 12.7. The molecule has 1 aromatic carbocycles. The molecule has 0 fully saturated rings. The third kappa shape index (κ3) is 13.8. The zero-order valence-electron chi connectivity index (χ0n) is 20.2. The van der Waals surface area contributed by atoms with E-state index >= 15 is 0 Å². The molecule has 0 heterocycles. The number of aryl methyl sites for hydroxylation is 1. The van der Waals surface area contributed by atoms with Gasteiger partial charge in [0, 0.05) is 135 Å². The van der Waals surface area contributed by atoms with Crippen molar-refractivity contribution in [1.82, 2.24) is 0 Å². The predicted octanol–water partition coefficient (Wildman–Crippen LogP) is -3.82. The zero-order chi connectivity index (χ0) is 27.0. The number of aliphatic hydroxyl groups excluding tert-OH is 1. The number of rotatable bonds is 10. The molecule has 34 heavy (non-hydrogen) atoms. The van der Waals surface area contributed by atoms with Crippen LogP contribution in [0.15, 0.2) is 18.2 Å². The largest absolute Gasteiger partial charge is 0.396 e. The average Bonchev–Trinajstić information content (AvgIpc) is 2.74. The van der Waals surface area contributed by atoms with E-state index in [1.165, 1.54) is 6.07 Å². The summed E-state index contributed by atoms with van der Waals surface area (Å²) in [5, 5.41) is 16.5. The van der Waals surface area contributed by atoms with Crippen LogP contribution in [0.25, 0.3) is 0 Å². The first-order valence-corrected chi connectivity index (χ1v) is 11.2. The van der Waals surface area contributed by atoms with Crippen LogP contribution in [-0.2, 0) is 6.42 Å². The van der Waals surface area contributed by atoms with Crippen molar-refractivity contribution in [1.29, 1.82) is 5.26 Å². The second-order valence-corrected chi connectivity index (χ2v) is 7.98. The molecule has 21 heteroatoms. The van der Waals surface area contributed by atoms with E-state index in [-0.39, 0.29) is 5.56 Å². The van der Waals surface area contributed by atoms with Gasteiger partial charge in [-0.2, -0.15) is 5.26 Å². The molecule has 2 nitrogen and oxygen atoms in total. The molecule has 0 amide bonds. The van der Waals surface area contributed by atoms with Crippen LogP contribution >= 0.6 is 0 Å². The molecule has 0 atom stereocenters. The summed E-state index contributed by atoms with van der Waals surface area (Å²) >= 11 is 0. The van der Waals surface area contributed by atoms with Gasteiger partial charge in [-0.25, -0.2) is 4.39 Å². The van der Waals surface area contributed by atoms with E-state index in [0.717, 1.165) is 24.8 Å². The van der Waals surface area contributed by atoms with Gasteiger partial charge < -0.3 is 5.11 Å². The molecule has 20 radical (unpaired) electrons. The summed E-state index contributed by atoms with van der Waals surface area (Å²) in [6.07, 6.45) is -3.17. The van der Waals surface area contributed by atoms with Crippen molar-refractivity contribution in [2.45, 2.75) is 33.1 Å². The van der Waals surface area contributed by atoms with Crippen molar-refractivity contribution in [2.75, 3.05) is 6.61 Å². The highest BCUT2D eigenvalue weighted by Crippen LogP contribution is 2.09. The van der Waals surface area contributed by atoms with Crippen molar-refractivity contribution >= 4 is 128 Å². The summed E-state index contributed by atoms with van der Waals surface area (Å²) in [6, 6.07) is 6.40.